The fourth-order valence-corrected chi connectivity index (χ4v) is 0.599. The van der Waals surface area contributed by atoms with Gasteiger partial charge in [0.25, 0.3) is 0 Å². The van der Waals surface area contributed by atoms with Gasteiger partial charge in [-0.3, -0.25) is 4.68 Å². The van der Waals surface area contributed by atoms with Crippen molar-refractivity contribution in [2.75, 3.05) is 7.11 Å². The summed E-state index contributed by atoms with van der Waals surface area (Å²) in [5.41, 5.74) is 0.421. The number of rotatable bonds is 2. The molecule has 0 saturated carbocycles. The van der Waals surface area contributed by atoms with E-state index < -0.39 is 6.29 Å². The Balaban J connectivity index is 2.74. The van der Waals surface area contributed by atoms with Crippen molar-refractivity contribution in [3.8, 4) is 0 Å². The average Bonchev–Trinajstić information content (AvgIpc) is 2.34. The lowest BCUT2D eigenvalue weighted by molar-refractivity contribution is -0.0799. The van der Waals surface area contributed by atoms with Crippen LogP contribution in [-0.4, -0.2) is 27.2 Å². The molecule has 0 fully saturated rings. The Morgan fingerprint density at radius 3 is 2.90 bits per heavy atom. The van der Waals surface area contributed by atoms with Crippen LogP contribution in [0.25, 0.3) is 0 Å². The number of hydrogen-bond donors (Lipinski definition) is 1. The Hall–Kier alpha value is -0.940. The zero-order valence-corrected chi connectivity index (χ0v) is 5.85. The van der Waals surface area contributed by atoms with E-state index in [0.717, 1.165) is 0 Å². The molecule has 1 aromatic heterocycles. The zero-order valence-electron chi connectivity index (χ0n) is 5.85. The SMILES string of the molecule is COC(O)c1cn(C)nn1. The number of aliphatic hydroxyl groups excluding tert-OH is 1. The summed E-state index contributed by atoms with van der Waals surface area (Å²) in [4.78, 5) is 0. The molecule has 0 aliphatic rings. The van der Waals surface area contributed by atoms with Gasteiger partial charge in [0.05, 0.1) is 6.20 Å². The summed E-state index contributed by atoms with van der Waals surface area (Å²) >= 11 is 0. The minimum atomic E-state index is -0.964. The molecule has 0 bridgehead atoms. The Labute approximate surface area is 58.2 Å². The average molecular weight is 143 g/mol. The molecule has 10 heavy (non-hydrogen) atoms. The minimum Gasteiger partial charge on any atom is -0.363 e. The first-order valence-corrected chi connectivity index (χ1v) is 2.81. The van der Waals surface area contributed by atoms with Gasteiger partial charge in [-0.15, -0.1) is 5.10 Å². The molecule has 0 spiro atoms. The van der Waals surface area contributed by atoms with Crippen LogP contribution in [0, 0.1) is 0 Å². The lowest BCUT2D eigenvalue weighted by Crippen LogP contribution is -1.99. The molecule has 5 nitrogen and oxygen atoms in total. The third-order valence-corrected chi connectivity index (χ3v) is 1.10. The molecule has 56 valence electrons. The maximum Gasteiger partial charge on any atom is 0.201 e. The Kier molecular flexibility index (Phi) is 1.98. The molecular formula is C5H9N3O2. The van der Waals surface area contributed by atoms with Gasteiger partial charge in [0, 0.05) is 14.2 Å². The quantitative estimate of drug-likeness (QED) is 0.564. The smallest absolute Gasteiger partial charge is 0.201 e. The lowest BCUT2D eigenvalue weighted by Gasteiger charge is -2.01. The van der Waals surface area contributed by atoms with Gasteiger partial charge in [-0.05, 0) is 0 Å². The monoisotopic (exact) mass is 143 g/mol. The summed E-state index contributed by atoms with van der Waals surface area (Å²) in [6.45, 7) is 0. The summed E-state index contributed by atoms with van der Waals surface area (Å²) in [6.07, 6.45) is 0.627. The van der Waals surface area contributed by atoms with Gasteiger partial charge in [-0.25, -0.2) is 0 Å². The first-order valence-electron chi connectivity index (χ1n) is 2.81. The number of aliphatic hydroxyl groups is 1. The Bertz CT molecular complexity index is 210. The van der Waals surface area contributed by atoms with Crippen LogP contribution < -0.4 is 0 Å². The third-order valence-electron chi connectivity index (χ3n) is 1.10. The van der Waals surface area contributed by atoms with E-state index in [1.54, 1.807) is 13.2 Å². The van der Waals surface area contributed by atoms with Gasteiger partial charge in [-0.2, -0.15) is 0 Å². The van der Waals surface area contributed by atoms with Crippen LogP contribution >= 0.6 is 0 Å². The molecule has 0 aliphatic heterocycles. The molecule has 1 heterocycles. The second kappa shape index (κ2) is 2.76. The number of aromatic nitrogens is 3. The molecule has 1 aromatic rings. The van der Waals surface area contributed by atoms with Crippen LogP contribution in [-0.2, 0) is 11.8 Å². The van der Waals surface area contributed by atoms with Crippen LogP contribution in [0.2, 0.25) is 0 Å². The van der Waals surface area contributed by atoms with Crippen molar-refractivity contribution in [2.45, 2.75) is 6.29 Å². The van der Waals surface area contributed by atoms with Crippen molar-refractivity contribution >= 4 is 0 Å². The highest BCUT2D eigenvalue weighted by Crippen LogP contribution is 2.06. The first-order chi connectivity index (χ1) is 4.74. The molecule has 1 unspecified atom stereocenters. The second-order valence-electron chi connectivity index (χ2n) is 1.91. The van der Waals surface area contributed by atoms with Crippen LogP contribution in [0.1, 0.15) is 12.0 Å². The number of hydrogen-bond acceptors (Lipinski definition) is 4. The predicted molar refractivity (Wildman–Crippen MR) is 33.0 cm³/mol. The third kappa shape index (κ3) is 1.31. The van der Waals surface area contributed by atoms with Crippen molar-refractivity contribution in [1.82, 2.24) is 15.0 Å². The standard InChI is InChI=1S/C5H9N3O2/c1-8-3-4(6-7-8)5(9)10-2/h3,5,9H,1-2H3. The van der Waals surface area contributed by atoms with Gasteiger partial charge >= 0.3 is 0 Å². The van der Waals surface area contributed by atoms with Crippen molar-refractivity contribution in [3.63, 3.8) is 0 Å². The Morgan fingerprint density at radius 1 is 1.80 bits per heavy atom. The zero-order chi connectivity index (χ0) is 7.56. The van der Waals surface area contributed by atoms with Gasteiger partial charge in [0.1, 0.15) is 5.69 Å². The molecular weight excluding hydrogens is 134 g/mol. The van der Waals surface area contributed by atoms with Gasteiger partial charge in [0.2, 0.25) is 6.29 Å². The number of nitrogens with zero attached hydrogens (tertiary/aromatic N) is 3. The summed E-state index contributed by atoms with van der Waals surface area (Å²) < 4.78 is 6.09. The highest BCUT2D eigenvalue weighted by Gasteiger charge is 2.08. The van der Waals surface area contributed by atoms with Crippen LogP contribution in [0.4, 0.5) is 0 Å². The molecule has 0 radical (unpaired) electrons. The number of methoxy groups -OCH3 is 1. The van der Waals surface area contributed by atoms with Gasteiger partial charge in [-0.1, -0.05) is 5.21 Å². The largest absolute Gasteiger partial charge is 0.363 e. The number of ether oxygens (including phenoxy) is 1. The highest BCUT2D eigenvalue weighted by molar-refractivity contribution is 4.92. The first kappa shape index (κ1) is 7.17. The molecule has 1 rings (SSSR count). The van der Waals surface area contributed by atoms with Crippen molar-refractivity contribution in [1.29, 1.82) is 0 Å². The van der Waals surface area contributed by atoms with E-state index in [9.17, 15) is 0 Å². The van der Waals surface area contributed by atoms with E-state index in [0.29, 0.717) is 5.69 Å². The summed E-state index contributed by atoms with van der Waals surface area (Å²) in [5, 5.41) is 16.2. The van der Waals surface area contributed by atoms with E-state index in [1.807, 2.05) is 0 Å². The van der Waals surface area contributed by atoms with Crippen molar-refractivity contribution < 1.29 is 9.84 Å². The van der Waals surface area contributed by atoms with E-state index in [2.05, 4.69) is 15.0 Å². The highest BCUT2D eigenvalue weighted by atomic mass is 16.6. The summed E-state index contributed by atoms with van der Waals surface area (Å²) in [5.74, 6) is 0. The molecule has 0 aromatic carbocycles. The van der Waals surface area contributed by atoms with Crippen molar-refractivity contribution in [2.24, 2.45) is 7.05 Å². The topological polar surface area (TPSA) is 60.2 Å². The van der Waals surface area contributed by atoms with Crippen molar-refractivity contribution in [3.05, 3.63) is 11.9 Å². The van der Waals surface area contributed by atoms with E-state index in [4.69, 9.17) is 5.11 Å². The number of aryl methyl sites for hydroxylation is 1. The summed E-state index contributed by atoms with van der Waals surface area (Å²) in [7, 11) is 3.12. The van der Waals surface area contributed by atoms with Crippen LogP contribution in [0.5, 0.6) is 0 Å². The molecule has 0 aliphatic carbocycles. The maximum absolute atomic E-state index is 9.00. The van der Waals surface area contributed by atoms with Crippen LogP contribution in [0.3, 0.4) is 0 Å². The maximum atomic E-state index is 9.00. The normalized spacial score (nSPS) is 13.5. The second-order valence-corrected chi connectivity index (χ2v) is 1.91. The molecule has 1 atom stereocenters. The minimum absolute atomic E-state index is 0.421. The van der Waals surface area contributed by atoms with Gasteiger partial charge < -0.3 is 9.84 Å². The fourth-order valence-electron chi connectivity index (χ4n) is 0.599. The summed E-state index contributed by atoms with van der Waals surface area (Å²) in [6, 6.07) is 0. The van der Waals surface area contributed by atoms with Gasteiger partial charge in [0.15, 0.2) is 0 Å². The lowest BCUT2D eigenvalue weighted by atomic mass is 10.5. The fraction of sp³-hybridized carbons (Fsp3) is 0.600. The Morgan fingerprint density at radius 2 is 2.50 bits per heavy atom. The van der Waals surface area contributed by atoms with E-state index in [1.165, 1.54) is 11.8 Å². The predicted octanol–water partition coefficient (Wildman–Crippen LogP) is -0.548. The molecule has 1 N–H and O–H groups in total. The molecule has 5 heteroatoms. The van der Waals surface area contributed by atoms with Crippen LogP contribution in [0.15, 0.2) is 6.20 Å². The van der Waals surface area contributed by atoms with E-state index in [-0.39, 0.29) is 0 Å². The van der Waals surface area contributed by atoms with E-state index >= 15 is 0 Å². The molecule has 0 amide bonds. The molecule has 0 saturated heterocycles.